The lowest BCUT2D eigenvalue weighted by atomic mass is 9.64. The summed E-state index contributed by atoms with van der Waals surface area (Å²) >= 11 is 1.64. The number of aromatic nitrogens is 1. The molecule has 0 aliphatic heterocycles. The third-order valence-corrected chi connectivity index (χ3v) is 4.11. The zero-order valence-electron chi connectivity index (χ0n) is 9.23. The third-order valence-electron chi connectivity index (χ3n) is 3.47. The SMILES string of the molecule is CC1(C)C(O)CC1NCCc1cscn1. The van der Waals surface area contributed by atoms with Crippen LogP contribution in [0.5, 0.6) is 0 Å². The van der Waals surface area contributed by atoms with Gasteiger partial charge < -0.3 is 10.4 Å². The molecule has 0 spiro atoms. The van der Waals surface area contributed by atoms with Gasteiger partial charge in [-0.3, -0.25) is 0 Å². The Morgan fingerprint density at radius 1 is 1.67 bits per heavy atom. The van der Waals surface area contributed by atoms with E-state index in [2.05, 4.69) is 29.5 Å². The molecule has 0 aromatic carbocycles. The summed E-state index contributed by atoms with van der Waals surface area (Å²) in [6.07, 6.45) is 1.71. The van der Waals surface area contributed by atoms with Crippen LogP contribution in [-0.2, 0) is 6.42 Å². The summed E-state index contributed by atoms with van der Waals surface area (Å²) in [6.45, 7) is 5.17. The fourth-order valence-electron chi connectivity index (χ4n) is 1.98. The molecule has 84 valence electrons. The molecular formula is C11H18N2OS. The number of nitrogens with zero attached hydrogens (tertiary/aromatic N) is 1. The lowest BCUT2D eigenvalue weighted by Crippen LogP contribution is -2.60. The highest BCUT2D eigenvalue weighted by Gasteiger charge is 2.46. The van der Waals surface area contributed by atoms with E-state index in [-0.39, 0.29) is 11.5 Å². The van der Waals surface area contributed by atoms with E-state index in [1.165, 1.54) is 0 Å². The molecule has 1 saturated carbocycles. The molecular weight excluding hydrogens is 208 g/mol. The maximum atomic E-state index is 9.58. The molecule has 1 fully saturated rings. The van der Waals surface area contributed by atoms with Crippen molar-refractivity contribution < 1.29 is 5.11 Å². The van der Waals surface area contributed by atoms with Gasteiger partial charge in [0.1, 0.15) is 0 Å². The first-order valence-electron chi connectivity index (χ1n) is 5.39. The molecule has 0 saturated heterocycles. The molecule has 2 rings (SSSR count). The molecule has 0 amide bonds. The molecule has 2 unspecified atom stereocenters. The number of aliphatic hydroxyl groups is 1. The van der Waals surface area contributed by atoms with Gasteiger partial charge in [-0.05, 0) is 6.42 Å². The Bertz CT molecular complexity index is 310. The van der Waals surface area contributed by atoms with Crippen LogP contribution in [0.3, 0.4) is 0 Å². The van der Waals surface area contributed by atoms with Crippen molar-refractivity contribution in [3.63, 3.8) is 0 Å². The summed E-state index contributed by atoms with van der Waals surface area (Å²) in [5.74, 6) is 0. The second kappa shape index (κ2) is 4.20. The Morgan fingerprint density at radius 3 is 3.00 bits per heavy atom. The lowest BCUT2D eigenvalue weighted by molar-refractivity contribution is -0.0720. The van der Waals surface area contributed by atoms with Crippen molar-refractivity contribution in [2.24, 2.45) is 5.41 Å². The van der Waals surface area contributed by atoms with Gasteiger partial charge in [0.25, 0.3) is 0 Å². The molecule has 2 atom stereocenters. The van der Waals surface area contributed by atoms with Gasteiger partial charge in [-0.1, -0.05) is 13.8 Å². The van der Waals surface area contributed by atoms with Crippen LogP contribution in [0, 0.1) is 5.41 Å². The average molecular weight is 226 g/mol. The van der Waals surface area contributed by atoms with E-state index in [0.717, 1.165) is 25.1 Å². The zero-order chi connectivity index (χ0) is 10.9. The number of aliphatic hydroxyl groups excluding tert-OH is 1. The van der Waals surface area contributed by atoms with Gasteiger partial charge >= 0.3 is 0 Å². The van der Waals surface area contributed by atoms with Gasteiger partial charge in [0.2, 0.25) is 0 Å². The average Bonchev–Trinajstić information content (AvgIpc) is 2.69. The van der Waals surface area contributed by atoms with Crippen molar-refractivity contribution in [1.29, 1.82) is 0 Å². The van der Waals surface area contributed by atoms with Crippen LogP contribution in [-0.4, -0.2) is 28.8 Å². The molecule has 1 heterocycles. The highest BCUT2D eigenvalue weighted by atomic mass is 32.1. The topological polar surface area (TPSA) is 45.1 Å². The van der Waals surface area contributed by atoms with Gasteiger partial charge in [0, 0.05) is 29.8 Å². The minimum absolute atomic E-state index is 0.0298. The van der Waals surface area contributed by atoms with Gasteiger partial charge in [-0.25, -0.2) is 4.98 Å². The predicted molar refractivity (Wildman–Crippen MR) is 62.0 cm³/mol. The first-order chi connectivity index (χ1) is 7.10. The smallest absolute Gasteiger partial charge is 0.0794 e. The summed E-state index contributed by atoms with van der Waals surface area (Å²) in [5.41, 5.74) is 3.05. The Morgan fingerprint density at radius 2 is 2.47 bits per heavy atom. The molecule has 1 aromatic rings. The van der Waals surface area contributed by atoms with Crippen molar-refractivity contribution in [3.05, 3.63) is 16.6 Å². The van der Waals surface area contributed by atoms with Crippen LogP contribution in [0.4, 0.5) is 0 Å². The zero-order valence-corrected chi connectivity index (χ0v) is 10.0. The van der Waals surface area contributed by atoms with Gasteiger partial charge in [0.05, 0.1) is 17.3 Å². The van der Waals surface area contributed by atoms with E-state index in [4.69, 9.17) is 0 Å². The van der Waals surface area contributed by atoms with Crippen molar-refractivity contribution in [2.75, 3.05) is 6.54 Å². The largest absolute Gasteiger partial charge is 0.392 e. The number of hydrogen-bond donors (Lipinski definition) is 2. The van der Waals surface area contributed by atoms with Crippen molar-refractivity contribution in [3.8, 4) is 0 Å². The molecule has 0 radical (unpaired) electrons. The first kappa shape index (κ1) is 11.0. The van der Waals surface area contributed by atoms with Crippen LogP contribution in [0.2, 0.25) is 0 Å². The van der Waals surface area contributed by atoms with Crippen molar-refractivity contribution in [2.45, 2.75) is 38.8 Å². The second-order valence-corrected chi connectivity index (χ2v) is 5.53. The molecule has 1 aliphatic rings. The van der Waals surface area contributed by atoms with Crippen LogP contribution in [0.25, 0.3) is 0 Å². The predicted octanol–water partition coefficient (Wildman–Crippen LogP) is 1.43. The van der Waals surface area contributed by atoms with Crippen LogP contribution in [0.1, 0.15) is 26.0 Å². The van der Waals surface area contributed by atoms with E-state index in [0.29, 0.717) is 6.04 Å². The maximum Gasteiger partial charge on any atom is 0.0794 e. The summed E-state index contributed by atoms with van der Waals surface area (Å²) in [7, 11) is 0. The minimum Gasteiger partial charge on any atom is -0.392 e. The van der Waals surface area contributed by atoms with Crippen molar-refractivity contribution in [1.82, 2.24) is 10.3 Å². The molecule has 15 heavy (non-hydrogen) atoms. The van der Waals surface area contributed by atoms with E-state index < -0.39 is 0 Å². The summed E-state index contributed by atoms with van der Waals surface area (Å²) in [6, 6.07) is 0.450. The Hall–Kier alpha value is -0.450. The summed E-state index contributed by atoms with van der Waals surface area (Å²) in [5, 5.41) is 15.1. The highest BCUT2D eigenvalue weighted by Crippen LogP contribution is 2.40. The Labute approximate surface area is 94.5 Å². The molecule has 0 bridgehead atoms. The minimum atomic E-state index is -0.144. The number of nitrogens with one attached hydrogen (secondary N) is 1. The number of rotatable bonds is 4. The third kappa shape index (κ3) is 2.22. The lowest BCUT2D eigenvalue weighted by Gasteiger charge is -2.49. The molecule has 2 N–H and O–H groups in total. The molecule has 1 aliphatic carbocycles. The van der Waals surface area contributed by atoms with Crippen LogP contribution in [0.15, 0.2) is 10.9 Å². The quantitative estimate of drug-likeness (QED) is 0.816. The van der Waals surface area contributed by atoms with E-state index >= 15 is 0 Å². The fourth-order valence-corrected chi connectivity index (χ4v) is 2.58. The molecule has 4 heteroatoms. The first-order valence-corrected chi connectivity index (χ1v) is 6.33. The van der Waals surface area contributed by atoms with Crippen LogP contribution >= 0.6 is 11.3 Å². The number of thiazole rings is 1. The van der Waals surface area contributed by atoms with E-state index in [1.807, 2.05) is 5.51 Å². The summed E-state index contributed by atoms with van der Waals surface area (Å²) in [4.78, 5) is 4.24. The van der Waals surface area contributed by atoms with E-state index in [1.54, 1.807) is 11.3 Å². The fraction of sp³-hybridized carbons (Fsp3) is 0.727. The molecule has 3 nitrogen and oxygen atoms in total. The monoisotopic (exact) mass is 226 g/mol. The van der Waals surface area contributed by atoms with Gasteiger partial charge in [0.15, 0.2) is 0 Å². The Balaban J connectivity index is 1.71. The standard InChI is InChI=1S/C11H18N2OS/c1-11(2)9(5-10(11)14)12-4-3-8-6-15-7-13-8/h6-7,9-10,12,14H,3-5H2,1-2H3. The normalized spacial score (nSPS) is 28.7. The number of hydrogen-bond acceptors (Lipinski definition) is 4. The summed E-state index contributed by atoms with van der Waals surface area (Å²) < 4.78 is 0. The highest BCUT2D eigenvalue weighted by molar-refractivity contribution is 7.07. The van der Waals surface area contributed by atoms with Gasteiger partial charge in [-0.15, -0.1) is 11.3 Å². The van der Waals surface area contributed by atoms with Gasteiger partial charge in [-0.2, -0.15) is 0 Å². The van der Waals surface area contributed by atoms with Crippen molar-refractivity contribution >= 4 is 11.3 Å². The maximum absolute atomic E-state index is 9.58. The Kier molecular flexibility index (Phi) is 3.09. The van der Waals surface area contributed by atoms with E-state index in [9.17, 15) is 5.11 Å². The van der Waals surface area contributed by atoms with Crippen LogP contribution < -0.4 is 5.32 Å². The molecule has 1 aromatic heterocycles. The second-order valence-electron chi connectivity index (χ2n) is 4.81.